The Hall–Kier alpha value is -0.730. The fourth-order valence-electron chi connectivity index (χ4n) is 1.67. The van der Waals surface area contributed by atoms with Crippen molar-refractivity contribution in [3.63, 3.8) is 0 Å². The SMILES string of the molecule is CCCNCCNS(=O)(=O)N(C)Cc1c(F)cccc1Cl. The molecule has 8 heteroatoms. The molecule has 0 radical (unpaired) electrons. The molecule has 0 aromatic heterocycles. The van der Waals surface area contributed by atoms with E-state index in [4.69, 9.17) is 11.6 Å². The van der Waals surface area contributed by atoms with Gasteiger partial charge in [0, 0.05) is 37.3 Å². The van der Waals surface area contributed by atoms with E-state index >= 15 is 0 Å². The van der Waals surface area contributed by atoms with Crippen molar-refractivity contribution in [1.29, 1.82) is 0 Å². The minimum atomic E-state index is -3.66. The lowest BCUT2D eigenvalue weighted by molar-refractivity contribution is 0.445. The topological polar surface area (TPSA) is 61.4 Å². The van der Waals surface area contributed by atoms with E-state index in [0.29, 0.717) is 6.54 Å². The predicted octanol–water partition coefficient (Wildman–Crippen LogP) is 1.74. The van der Waals surface area contributed by atoms with Gasteiger partial charge >= 0.3 is 0 Å². The first-order valence-electron chi connectivity index (χ1n) is 6.73. The Bertz CT molecular complexity index is 534. The van der Waals surface area contributed by atoms with Crippen LogP contribution in [0.2, 0.25) is 5.02 Å². The van der Waals surface area contributed by atoms with Crippen LogP contribution in [-0.2, 0) is 16.8 Å². The zero-order chi connectivity index (χ0) is 15.9. The summed E-state index contributed by atoms with van der Waals surface area (Å²) < 4.78 is 41.2. The molecule has 2 N–H and O–H groups in total. The van der Waals surface area contributed by atoms with E-state index in [-0.39, 0.29) is 23.7 Å². The molecule has 0 aliphatic rings. The summed E-state index contributed by atoms with van der Waals surface area (Å²) in [7, 11) is -2.28. The number of nitrogens with zero attached hydrogens (tertiary/aromatic N) is 1. The highest BCUT2D eigenvalue weighted by Gasteiger charge is 2.19. The molecule has 0 aliphatic heterocycles. The van der Waals surface area contributed by atoms with Crippen LogP contribution in [0.1, 0.15) is 18.9 Å². The standard InChI is InChI=1S/C13H21ClFN3O2S/c1-3-7-16-8-9-17-21(19,20)18(2)10-11-12(14)5-4-6-13(11)15/h4-6,16-17H,3,7-10H2,1-2H3. The van der Waals surface area contributed by atoms with Gasteiger partial charge in [-0.1, -0.05) is 24.6 Å². The van der Waals surface area contributed by atoms with Crippen LogP contribution in [0.5, 0.6) is 0 Å². The van der Waals surface area contributed by atoms with Gasteiger partial charge in [-0.25, -0.2) is 9.11 Å². The van der Waals surface area contributed by atoms with Gasteiger partial charge in [0.05, 0.1) is 0 Å². The van der Waals surface area contributed by atoms with Crippen molar-refractivity contribution in [3.05, 3.63) is 34.6 Å². The lowest BCUT2D eigenvalue weighted by Crippen LogP contribution is -2.41. The van der Waals surface area contributed by atoms with Crippen LogP contribution in [0.3, 0.4) is 0 Å². The van der Waals surface area contributed by atoms with Crippen LogP contribution in [-0.4, -0.2) is 39.4 Å². The maximum absolute atomic E-state index is 13.7. The van der Waals surface area contributed by atoms with Gasteiger partial charge in [0.25, 0.3) is 10.2 Å². The Labute approximate surface area is 130 Å². The summed E-state index contributed by atoms with van der Waals surface area (Å²) in [6, 6.07) is 4.26. The summed E-state index contributed by atoms with van der Waals surface area (Å²) in [4.78, 5) is 0. The van der Waals surface area contributed by atoms with Crippen molar-refractivity contribution < 1.29 is 12.8 Å². The molecule has 21 heavy (non-hydrogen) atoms. The van der Waals surface area contributed by atoms with Gasteiger partial charge in [0.1, 0.15) is 5.82 Å². The van der Waals surface area contributed by atoms with Gasteiger partial charge in [-0.05, 0) is 25.1 Å². The monoisotopic (exact) mass is 337 g/mol. The Morgan fingerprint density at radius 3 is 2.62 bits per heavy atom. The number of hydrogen-bond acceptors (Lipinski definition) is 3. The molecule has 0 bridgehead atoms. The third-order valence-electron chi connectivity index (χ3n) is 2.87. The maximum Gasteiger partial charge on any atom is 0.279 e. The summed E-state index contributed by atoms with van der Waals surface area (Å²) >= 11 is 5.89. The molecule has 1 rings (SSSR count). The Morgan fingerprint density at radius 1 is 1.29 bits per heavy atom. The number of halogens is 2. The molecule has 1 aromatic rings. The number of rotatable bonds is 9. The fraction of sp³-hybridized carbons (Fsp3) is 0.538. The van der Waals surface area contributed by atoms with Crippen molar-refractivity contribution in [3.8, 4) is 0 Å². The van der Waals surface area contributed by atoms with Crippen LogP contribution < -0.4 is 10.0 Å². The quantitative estimate of drug-likeness (QED) is 0.675. The molecule has 0 unspecified atom stereocenters. The molecular weight excluding hydrogens is 317 g/mol. The molecule has 0 spiro atoms. The van der Waals surface area contributed by atoms with E-state index in [1.165, 1.54) is 25.2 Å². The minimum Gasteiger partial charge on any atom is -0.315 e. The van der Waals surface area contributed by atoms with Crippen molar-refractivity contribution >= 4 is 21.8 Å². The van der Waals surface area contributed by atoms with Crippen LogP contribution >= 0.6 is 11.6 Å². The van der Waals surface area contributed by atoms with Crippen LogP contribution in [0.4, 0.5) is 4.39 Å². The van der Waals surface area contributed by atoms with E-state index in [1.807, 2.05) is 6.92 Å². The second kappa shape index (κ2) is 8.65. The summed E-state index contributed by atoms with van der Waals surface area (Å²) in [5.74, 6) is -0.519. The highest BCUT2D eigenvalue weighted by molar-refractivity contribution is 7.87. The average molecular weight is 338 g/mol. The molecule has 0 saturated heterocycles. The van der Waals surface area contributed by atoms with E-state index < -0.39 is 16.0 Å². The summed E-state index contributed by atoms with van der Waals surface area (Å²) in [5.41, 5.74) is 0.163. The largest absolute Gasteiger partial charge is 0.315 e. The third kappa shape index (κ3) is 5.88. The predicted molar refractivity (Wildman–Crippen MR) is 83.0 cm³/mol. The summed E-state index contributed by atoms with van der Waals surface area (Å²) in [6.07, 6.45) is 0.985. The highest BCUT2D eigenvalue weighted by Crippen LogP contribution is 2.20. The number of nitrogens with one attached hydrogen (secondary N) is 2. The Kier molecular flexibility index (Phi) is 7.55. The fourth-order valence-corrected chi connectivity index (χ4v) is 2.77. The molecule has 5 nitrogen and oxygen atoms in total. The van der Waals surface area contributed by atoms with Gasteiger partial charge in [-0.15, -0.1) is 0 Å². The molecule has 0 atom stereocenters. The van der Waals surface area contributed by atoms with Crippen LogP contribution in [0, 0.1) is 5.82 Å². The van der Waals surface area contributed by atoms with E-state index in [1.54, 1.807) is 0 Å². The van der Waals surface area contributed by atoms with E-state index in [9.17, 15) is 12.8 Å². The zero-order valence-electron chi connectivity index (χ0n) is 12.2. The second-order valence-corrected chi connectivity index (χ2v) is 6.87. The van der Waals surface area contributed by atoms with Crippen molar-refractivity contribution in [2.75, 3.05) is 26.7 Å². The molecule has 0 fully saturated rings. The first-order valence-corrected chi connectivity index (χ1v) is 8.54. The van der Waals surface area contributed by atoms with Crippen molar-refractivity contribution in [2.24, 2.45) is 0 Å². The molecule has 0 saturated carbocycles. The van der Waals surface area contributed by atoms with E-state index in [2.05, 4.69) is 10.0 Å². The minimum absolute atomic E-state index is 0.122. The molecule has 0 aliphatic carbocycles. The van der Waals surface area contributed by atoms with Crippen molar-refractivity contribution in [2.45, 2.75) is 19.9 Å². The smallest absolute Gasteiger partial charge is 0.279 e. The zero-order valence-corrected chi connectivity index (χ0v) is 13.8. The highest BCUT2D eigenvalue weighted by atomic mass is 35.5. The number of benzene rings is 1. The van der Waals surface area contributed by atoms with Crippen LogP contribution in [0.25, 0.3) is 0 Å². The average Bonchev–Trinajstić information content (AvgIpc) is 2.42. The third-order valence-corrected chi connectivity index (χ3v) is 4.74. The molecule has 0 heterocycles. The lowest BCUT2D eigenvalue weighted by atomic mass is 10.2. The molecule has 0 amide bonds. The lowest BCUT2D eigenvalue weighted by Gasteiger charge is -2.18. The van der Waals surface area contributed by atoms with Crippen LogP contribution in [0.15, 0.2) is 18.2 Å². The molecular formula is C13H21ClFN3O2S. The molecule has 120 valence electrons. The Morgan fingerprint density at radius 2 is 2.00 bits per heavy atom. The first-order chi connectivity index (χ1) is 9.88. The van der Waals surface area contributed by atoms with Gasteiger partial charge in [-0.3, -0.25) is 0 Å². The van der Waals surface area contributed by atoms with Gasteiger partial charge < -0.3 is 5.32 Å². The molecule has 1 aromatic carbocycles. The van der Waals surface area contributed by atoms with Crippen molar-refractivity contribution in [1.82, 2.24) is 14.3 Å². The van der Waals surface area contributed by atoms with Gasteiger partial charge in [0.15, 0.2) is 0 Å². The first kappa shape index (κ1) is 18.3. The maximum atomic E-state index is 13.7. The van der Waals surface area contributed by atoms with Gasteiger partial charge in [-0.2, -0.15) is 12.7 Å². The Balaban J connectivity index is 2.59. The summed E-state index contributed by atoms with van der Waals surface area (Å²) in [5, 5.41) is 3.30. The normalized spacial score (nSPS) is 12.0. The summed E-state index contributed by atoms with van der Waals surface area (Å²) in [6.45, 7) is 3.56. The number of hydrogen-bond donors (Lipinski definition) is 2. The van der Waals surface area contributed by atoms with Gasteiger partial charge in [0.2, 0.25) is 0 Å². The second-order valence-electron chi connectivity index (χ2n) is 4.61. The van der Waals surface area contributed by atoms with E-state index in [0.717, 1.165) is 17.3 Å².